The van der Waals surface area contributed by atoms with Gasteiger partial charge in [0.2, 0.25) is 0 Å². The number of hydrogen-bond acceptors (Lipinski definition) is 2. The second-order valence-electron chi connectivity index (χ2n) is 5.79. The summed E-state index contributed by atoms with van der Waals surface area (Å²) in [5.74, 6) is -0.139. The van der Waals surface area contributed by atoms with Crippen LogP contribution in [0.3, 0.4) is 0 Å². The molecular weight excluding hydrogens is 264 g/mol. The van der Waals surface area contributed by atoms with Gasteiger partial charge in [-0.15, -0.1) is 0 Å². The number of benzene rings is 1. The van der Waals surface area contributed by atoms with Gasteiger partial charge in [0, 0.05) is 19.3 Å². The minimum Gasteiger partial charge on any atom is -0.388 e. The number of hydrogen-bond donors (Lipinski definition) is 2. The van der Waals surface area contributed by atoms with E-state index in [4.69, 9.17) is 0 Å². The molecule has 3 rings (SSSR count). The lowest BCUT2D eigenvalue weighted by molar-refractivity contribution is -0.0301. The first-order valence-electron chi connectivity index (χ1n) is 7.31. The predicted molar refractivity (Wildman–Crippen MR) is 82.0 cm³/mol. The Balaban J connectivity index is 1.74. The van der Waals surface area contributed by atoms with Crippen molar-refractivity contribution in [2.45, 2.75) is 24.9 Å². The Bertz CT molecular complexity index is 642. The Morgan fingerprint density at radius 3 is 2.57 bits per heavy atom. The molecule has 110 valence electrons. The summed E-state index contributed by atoms with van der Waals surface area (Å²) in [6, 6.07) is 13.7. The Kier molecular flexibility index (Phi) is 3.55. The number of rotatable bonds is 4. The van der Waals surface area contributed by atoms with E-state index in [1.807, 2.05) is 54.1 Å². The van der Waals surface area contributed by atoms with E-state index in [0.29, 0.717) is 12.2 Å². The lowest BCUT2D eigenvalue weighted by Gasteiger charge is -2.36. The monoisotopic (exact) mass is 284 g/mol. The van der Waals surface area contributed by atoms with E-state index in [1.165, 1.54) is 0 Å². The van der Waals surface area contributed by atoms with Crippen LogP contribution >= 0.6 is 0 Å². The molecule has 4 nitrogen and oxygen atoms in total. The zero-order chi connectivity index (χ0) is 14.9. The van der Waals surface area contributed by atoms with E-state index in [-0.39, 0.29) is 5.91 Å². The molecule has 0 aliphatic heterocycles. The average Bonchev–Trinajstić information content (AvgIpc) is 2.85. The number of nitrogens with zero attached hydrogens (tertiary/aromatic N) is 1. The maximum absolute atomic E-state index is 12.3. The third-order valence-corrected chi connectivity index (χ3v) is 4.29. The molecule has 0 unspecified atom stereocenters. The Morgan fingerprint density at radius 1 is 1.24 bits per heavy atom. The maximum atomic E-state index is 12.3. The van der Waals surface area contributed by atoms with Gasteiger partial charge in [-0.3, -0.25) is 4.79 Å². The van der Waals surface area contributed by atoms with Crippen LogP contribution in [0.1, 0.15) is 29.8 Å². The van der Waals surface area contributed by atoms with Gasteiger partial charge < -0.3 is 15.0 Å². The molecule has 2 aromatic rings. The predicted octanol–water partition coefficient (Wildman–Crippen LogP) is 2.34. The second-order valence-corrected chi connectivity index (χ2v) is 5.79. The summed E-state index contributed by atoms with van der Waals surface area (Å²) in [4.78, 5) is 12.3. The van der Waals surface area contributed by atoms with Crippen molar-refractivity contribution in [2.75, 3.05) is 6.54 Å². The van der Waals surface area contributed by atoms with Crippen LogP contribution in [0.4, 0.5) is 0 Å². The lowest BCUT2D eigenvalue weighted by atomic mass is 9.80. The average molecular weight is 284 g/mol. The highest BCUT2D eigenvalue weighted by molar-refractivity contribution is 5.93. The molecule has 21 heavy (non-hydrogen) atoms. The highest BCUT2D eigenvalue weighted by atomic mass is 16.3. The summed E-state index contributed by atoms with van der Waals surface area (Å²) in [5.41, 5.74) is 2.00. The molecule has 1 aromatic carbocycles. The summed E-state index contributed by atoms with van der Waals surface area (Å²) >= 11 is 0. The molecule has 1 saturated carbocycles. The van der Waals surface area contributed by atoms with Crippen molar-refractivity contribution in [1.82, 2.24) is 9.88 Å². The largest absolute Gasteiger partial charge is 0.388 e. The highest BCUT2D eigenvalue weighted by Gasteiger charge is 2.34. The van der Waals surface area contributed by atoms with Crippen LogP contribution in [0.2, 0.25) is 0 Å². The van der Waals surface area contributed by atoms with Crippen molar-refractivity contribution in [1.29, 1.82) is 0 Å². The SMILES string of the molecule is Cn1c(C(=O)NCC2(O)CCC2)ccc1-c1ccccc1. The number of amides is 1. The molecular formula is C17H20N2O2. The summed E-state index contributed by atoms with van der Waals surface area (Å²) < 4.78 is 1.88. The number of aromatic nitrogens is 1. The fraction of sp³-hybridized carbons (Fsp3) is 0.353. The standard InChI is InChI=1S/C17H20N2O2/c1-19-14(13-6-3-2-4-7-13)8-9-15(19)16(20)18-12-17(21)10-5-11-17/h2-4,6-9,21H,5,10-12H2,1H3,(H,18,20). The van der Waals surface area contributed by atoms with Gasteiger partial charge in [0.15, 0.2) is 0 Å². The smallest absolute Gasteiger partial charge is 0.268 e. The molecule has 1 heterocycles. The molecule has 0 atom stereocenters. The Morgan fingerprint density at radius 2 is 1.95 bits per heavy atom. The van der Waals surface area contributed by atoms with Gasteiger partial charge in [-0.25, -0.2) is 0 Å². The van der Waals surface area contributed by atoms with Crippen LogP contribution in [0.15, 0.2) is 42.5 Å². The minimum atomic E-state index is -0.691. The molecule has 0 spiro atoms. The van der Waals surface area contributed by atoms with Crippen molar-refractivity contribution in [3.8, 4) is 11.3 Å². The quantitative estimate of drug-likeness (QED) is 0.905. The topological polar surface area (TPSA) is 54.3 Å². The van der Waals surface area contributed by atoms with Crippen molar-refractivity contribution in [3.05, 3.63) is 48.2 Å². The minimum absolute atomic E-state index is 0.139. The normalized spacial score (nSPS) is 16.3. The molecule has 4 heteroatoms. The molecule has 1 aliphatic carbocycles. The summed E-state index contributed by atoms with van der Waals surface area (Å²) in [7, 11) is 1.88. The number of carbonyl (C=O) groups is 1. The second kappa shape index (κ2) is 5.37. The first-order chi connectivity index (χ1) is 10.1. The van der Waals surface area contributed by atoms with E-state index in [2.05, 4.69) is 5.32 Å². The van der Waals surface area contributed by atoms with E-state index < -0.39 is 5.60 Å². The molecule has 0 bridgehead atoms. The Labute approximate surface area is 124 Å². The molecule has 2 N–H and O–H groups in total. The third-order valence-electron chi connectivity index (χ3n) is 4.29. The molecule has 0 saturated heterocycles. The summed E-state index contributed by atoms with van der Waals surface area (Å²) in [5, 5.41) is 12.9. The lowest BCUT2D eigenvalue weighted by Crippen LogP contribution is -2.48. The fourth-order valence-electron chi connectivity index (χ4n) is 2.74. The van der Waals surface area contributed by atoms with E-state index in [9.17, 15) is 9.90 Å². The van der Waals surface area contributed by atoms with Gasteiger partial charge in [-0.05, 0) is 37.0 Å². The fourth-order valence-corrected chi connectivity index (χ4v) is 2.74. The van der Waals surface area contributed by atoms with Gasteiger partial charge in [0.25, 0.3) is 5.91 Å². The number of aliphatic hydroxyl groups is 1. The van der Waals surface area contributed by atoms with Gasteiger partial charge in [-0.1, -0.05) is 30.3 Å². The molecule has 1 aliphatic rings. The van der Waals surface area contributed by atoms with E-state index >= 15 is 0 Å². The van der Waals surface area contributed by atoms with Crippen LogP contribution in [-0.2, 0) is 7.05 Å². The van der Waals surface area contributed by atoms with Gasteiger partial charge in [-0.2, -0.15) is 0 Å². The third kappa shape index (κ3) is 2.72. The van der Waals surface area contributed by atoms with Crippen molar-refractivity contribution in [2.24, 2.45) is 7.05 Å². The van der Waals surface area contributed by atoms with Crippen LogP contribution < -0.4 is 5.32 Å². The summed E-state index contributed by atoms with van der Waals surface area (Å²) in [6.07, 6.45) is 2.58. The molecule has 0 radical (unpaired) electrons. The molecule has 1 aromatic heterocycles. The summed E-state index contributed by atoms with van der Waals surface area (Å²) in [6.45, 7) is 0.331. The maximum Gasteiger partial charge on any atom is 0.268 e. The van der Waals surface area contributed by atoms with Gasteiger partial charge in [0.1, 0.15) is 5.69 Å². The molecule has 1 amide bonds. The van der Waals surface area contributed by atoms with Crippen molar-refractivity contribution in [3.63, 3.8) is 0 Å². The zero-order valence-electron chi connectivity index (χ0n) is 12.2. The van der Waals surface area contributed by atoms with Crippen LogP contribution in [0.5, 0.6) is 0 Å². The van der Waals surface area contributed by atoms with E-state index in [0.717, 1.165) is 30.5 Å². The van der Waals surface area contributed by atoms with Crippen LogP contribution in [0, 0.1) is 0 Å². The highest BCUT2D eigenvalue weighted by Crippen LogP contribution is 2.30. The number of nitrogens with one attached hydrogen (secondary N) is 1. The first kappa shape index (κ1) is 13.9. The Hall–Kier alpha value is -2.07. The van der Waals surface area contributed by atoms with Crippen molar-refractivity contribution < 1.29 is 9.90 Å². The van der Waals surface area contributed by atoms with Crippen LogP contribution in [-0.4, -0.2) is 27.7 Å². The van der Waals surface area contributed by atoms with Gasteiger partial charge >= 0.3 is 0 Å². The first-order valence-corrected chi connectivity index (χ1v) is 7.31. The van der Waals surface area contributed by atoms with Gasteiger partial charge in [0.05, 0.1) is 5.60 Å². The van der Waals surface area contributed by atoms with Crippen molar-refractivity contribution >= 4 is 5.91 Å². The van der Waals surface area contributed by atoms with E-state index in [1.54, 1.807) is 0 Å². The molecule has 1 fully saturated rings. The van der Waals surface area contributed by atoms with Crippen LogP contribution in [0.25, 0.3) is 11.3 Å². The zero-order valence-corrected chi connectivity index (χ0v) is 12.2. The number of carbonyl (C=O) groups excluding carboxylic acids is 1.